The van der Waals surface area contributed by atoms with Gasteiger partial charge in [-0.2, -0.15) is 0 Å². The summed E-state index contributed by atoms with van der Waals surface area (Å²) in [5.41, 5.74) is 7.03. The second kappa shape index (κ2) is 8.68. The first-order valence-corrected chi connectivity index (χ1v) is 12.4. The van der Waals surface area contributed by atoms with E-state index in [1.54, 1.807) is 10.5 Å². The Morgan fingerprint density at radius 3 is 2.70 bits per heavy atom. The van der Waals surface area contributed by atoms with E-state index in [0.29, 0.717) is 12.6 Å². The van der Waals surface area contributed by atoms with Gasteiger partial charge in [0.15, 0.2) is 0 Å². The summed E-state index contributed by atoms with van der Waals surface area (Å²) < 4.78 is 0. The Bertz CT molecular complexity index is 1140. The zero-order chi connectivity index (χ0) is 22.2. The van der Waals surface area contributed by atoms with Crippen LogP contribution < -0.4 is 15.5 Å². The molecule has 3 aliphatic carbocycles. The van der Waals surface area contributed by atoms with Crippen LogP contribution in [0.4, 0.5) is 16.2 Å². The van der Waals surface area contributed by atoms with Gasteiger partial charge in [0.05, 0.1) is 12.4 Å². The highest BCUT2D eigenvalue weighted by Crippen LogP contribution is 2.56. The Balaban J connectivity index is 1.20. The third kappa shape index (κ3) is 4.04. The molecule has 2 N–H and O–H groups in total. The molecule has 4 nitrogen and oxygen atoms in total. The summed E-state index contributed by atoms with van der Waals surface area (Å²) >= 11 is 0. The molecule has 2 amide bonds. The predicted molar refractivity (Wildman–Crippen MR) is 135 cm³/mol. The van der Waals surface area contributed by atoms with Crippen LogP contribution in [0.15, 0.2) is 78.4 Å². The first kappa shape index (κ1) is 20.5. The summed E-state index contributed by atoms with van der Waals surface area (Å²) in [7, 11) is 0. The third-order valence-electron chi connectivity index (χ3n) is 7.70. The maximum atomic E-state index is 12.9. The second-order valence-electron chi connectivity index (χ2n) is 9.75. The fourth-order valence-electron chi connectivity index (χ4n) is 5.93. The Morgan fingerprint density at radius 1 is 1.00 bits per heavy atom. The molecule has 1 heterocycles. The fraction of sp³-hybridized carbons (Fsp3) is 0.345. The second-order valence-corrected chi connectivity index (χ2v) is 9.75. The molecule has 2 atom stereocenters. The van der Waals surface area contributed by atoms with Crippen molar-refractivity contribution < 1.29 is 4.79 Å². The number of nitrogens with one attached hydrogen (secondary N) is 2. The fourth-order valence-corrected chi connectivity index (χ4v) is 5.93. The number of carbonyl (C=O) groups is 1. The molecule has 168 valence electrons. The average Bonchev–Trinajstić information content (AvgIpc) is 3.60. The quantitative estimate of drug-likeness (QED) is 0.576. The number of anilines is 2. The van der Waals surface area contributed by atoms with Gasteiger partial charge in [-0.05, 0) is 65.6 Å². The van der Waals surface area contributed by atoms with Gasteiger partial charge in [-0.15, -0.1) is 0 Å². The lowest BCUT2D eigenvalue weighted by Gasteiger charge is -2.30. The molecule has 2 aromatic rings. The molecule has 2 saturated carbocycles. The summed E-state index contributed by atoms with van der Waals surface area (Å²) in [6.07, 6.45) is 16.5. The highest BCUT2D eigenvalue weighted by atomic mass is 16.2. The van der Waals surface area contributed by atoms with E-state index in [2.05, 4.69) is 53.1 Å². The standard InChI is InChI=1S/C29H31N3O/c33-29(31-24-9-5-2-6-10-24)32-19-30-18-23-17-22(13-16-27(23)32)20-11-14-25-26(15-12-20)28(25)21-7-3-1-4-8-21/h2,5-6,9-17,21,25,28,30H,1,3-4,7-8,18-19H2,(H,31,33). The molecule has 4 heteroatoms. The van der Waals surface area contributed by atoms with Crippen molar-refractivity contribution >= 4 is 23.0 Å². The van der Waals surface area contributed by atoms with E-state index in [4.69, 9.17) is 0 Å². The topological polar surface area (TPSA) is 44.4 Å². The van der Waals surface area contributed by atoms with E-state index < -0.39 is 0 Å². The van der Waals surface area contributed by atoms with Gasteiger partial charge in [-0.1, -0.05) is 73.4 Å². The smallest absolute Gasteiger partial charge is 0.308 e. The summed E-state index contributed by atoms with van der Waals surface area (Å²) in [6, 6.07) is 16.0. The lowest BCUT2D eigenvalue weighted by atomic mass is 9.84. The number of rotatable bonds is 3. The van der Waals surface area contributed by atoms with Crippen molar-refractivity contribution in [2.75, 3.05) is 16.9 Å². The summed E-state index contributed by atoms with van der Waals surface area (Å²) in [6.45, 7) is 1.27. The van der Waals surface area contributed by atoms with Crippen LogP contribution in [0.3, 0.4) is 0 Å². The minimum absolute atomic E-state index is 0.116. The van der Waals surface area contributed by atoms with Crippen molar-refractivity contribution in [2.45, 2.75) is 38.6 Å². The lowest BCUT2D eigenvalue weighted by Crippen LogP contribution is -2.45. The highest BCUT2D eigenvalue weighted by molar-refractivity contribution is 6.02. The van der Waals surface area contributed by atoms with Gasteiger partial charge < -0.3 is 5.32 Å². The number of urea groups is 1. The van der Waals surface area contributed by atoms with E-state index in [-0.39, 0.29) is 6.03 Å². The number of fused-ring (bicyclic) bond motifs is 2. The maximum absolute atomic E-state index is 12.9. The predicted octanol–water partition coefficient (Wildman–Crippen LogP) is 6.49. The zero-order valence-electron chi connectivity index (χ0n) is 19.0. The minimum atomic E-state index is -0.116. The van der Waals surface area contributed by atoms with Gasteiger partial charge in [0.1, 0.15) is 0 Å². The lowest BCUT2D eigenvalue weighted by molar-refractivity contribution is 0.256. The monoisotopic (exact) mass is 437 g/mol. The maximum Gasteiger partial charge on any atom is 0.327 e. The number of hydrogen-bond donors (Lipinski definition) is 2. The molecule has 0 bridgehead atoms. The van der Waals surface area contributed by atoms with Crippen molar-refractivity contribution in [1.82, 2.24) is 5.32 Å². The van der Waals surface area contributed by atoms with Gasteiger partial charge in [-0.25, -0.2) is 4.79 Å². The Morgan fingerprint density at radius 2 is 1.85 bits per heavy atom. The van der Waals surface area contributed by atoms with Gasteiger partial charge in [0.2, 0.25) is 0 Å². The SMILES string of the molecule is O=C(Nc1ccccc1)N1CNCc2cc(C3=CC=C4C(C=C3)C4C3CCCCC3)ccc21. The summed E-state index contributed by atoms with van der Waals surface area (Å²) in [5.74, 6) is 2.35. The molecule has 2 unspecified atom stereocenters. The van der Waals surface area contributed by atoms with Gasteiger partial charge in [0.25, 0.3) is 0 Å². The first-order valence-electron chi connectivity index (χ1n) is 12.4. The third-order valence-corrected chi connectivity index (χ3v) is 7.70. The van der Waals surface area contributed by atoms with E-state index in [1.165, 1.54) is 43.2 Å². The molecule has 0 aromatic heterocycles. The zero-order valence-corrected chi connectivity index (χ0v) is 19.0. The van der Waals surface area contributed by atoms with Gasteiger partial charge in [0, 0.05) is 18.2 Å². The number of hydrogen-bond acceptors (Lipinski definition) is 2. The molecular weight excluding hydrogens is 406 g/mol. The Hall–Kier alpha value is -3.11. The summed E-state index contributed by atoms with van der Waals surface area (Å²) in [5, 5.41) is 6.37. The Labute approximate surface area is 196 Å². The van der Waals surface area contributed by atoms with Crippen molar-refractivity contribution in [3.05, 3.63) is 89.5 Å². The van der Waals surface area contributed by atoms with Crippen LogP contribution in [0.1, 0.15) is 43.2 Å². The van der Waals surface area contributed by atoms with Crippen molar-refractivity contribution in [3.8, 4) is 0 Å². The van der Waals surface area contributed by atoms with Crippen LogP contribution in [0.25, 0.3) is 5.57 Å². The molecule has 0 spiro atoms. The first-order chi connectivity index (χ1) is 16.3. The molecule has 2 aromatic carbocycles. The number of amides is 2. The molecule has 33 heavy (non-hydrogen) atoms. The highest BCUT2D eigenvalue weighted by Gasteiger charge is 2.46. The van der Waals surface area contributed by atoms with Crippen LogP contribution >= 0.6 is 0 Å². The number of carbonyl (C=O) groups excluding carboxylic acids is 1. The van der Waals surface area contributed by atoms with Crippen LogP contribution in [0, 0.1) is 17.8 Å². The van der Waals surface area contributed by atoms with E-state index in [9.17, 15) is 4.79 Å². The molecule has 0 radical (unpaired) electrons. The molecule has 6 rings (SSSR count). The van der Waals surface area contributed by atoms with Crippen molar-refractivity contribution in [2.24, 2.45) is 17.8 Å². The molecule has 1 aliphatic heterocycles. The molecule has 4 aliphatic rings. The van der Waals surface area contributed by atoms with Gasteiger partial charge in [-0.3, -0.25) is 10.2 Å². The molecule has 2 fully saturated rings. The number of benzene rings is 2. The van der Waals surface area contributed by atoms with E-state index in [0.717, 1.165) is 35.3 Å². The largest absolute Gasteiger partial charge is 0.327 e. The Kier molecular flexibility index (Phi) is 5.39. The van der Waals surface area contributed by atoms with Crippen molar-refractivity contribution in [3.63, 3.8) is 0 Å². The van der Waals surface area contributed by atoms with Crippen LogP contribution in [0.5, 0.6) is 0 Å². The molecule has 0 saturated heterocycles. The van der Waals surface area contributed by atoms with Crippen LogP contribution in [0.2, 0.25) is 0 Å². The van der Waals surface area contributed by atoms with E-state index >= 15 is 0 Å². The number of para-hydroxylation sites is 1. The van der Waals surface area contributed by atoms with Crippen LogP contribution in [-0.2, 0) is 6.54 Å². The molecular formula is C29H31N3O. The summed E-state index contributed by atoms with van der Waals surface area (Å²) in [4.78, 5) is 14.7. The van der Waals surface area contributed by atoms with E-state index in [1.807, 2.05) is 30.3 Å². The minimum Gasteiger partial charge on any atom is -0.308 e. The van der Waals surface area contributed by atoms with Crippen LogP contribution in [-0.4, -0.2) is 12.7 Å². The normalized spacial score (nSPS) is 24.2. The van der Waals surface area contributed by atoms with Gasteiger partial charge >= 0.3 is 6.03 Å². The number of nitrogens with zero attached hydrogens (tertiary/aromatic N) is 1. The van der Waals surface area contributed by atoms with Crippen molar-refractivity contribution in [1.29, 1.82) is 0 Å². The number of allylic oxidation sites excluding steroid dienone is 6. The average molecular weight is 438 g/mol.